The van der Waals surface area contributed by atoms with Crippen LogP contribution in [-0.2, 0) is 44.7 Å². The average Bonchev–Trinajstić information content (AvgIpc) is 2.69. The number of unbranched alkanes of at least 4 members (excludes halogenated alkanes) is 16. The number of nitrogens with two attached hydrogens (primary N) is 1. The van der Waals surface area contributed by atoms with Gasteiger partial charge >= 0.3 is 19.5 Å². The first-order valence-corrected chi connectivity index (χ1v) is 13.2. The van der Waals surface area contributed by atoms with Gasteiger partial charge in [-0.15, -0.1) is 0 Å². The van der Waals surface area contributed by atoms with Gasteiger partial charge in [0.25, 0.3) is 0 Å². The second kappa shape index (κ2) is 30.0. The van der Waals surface area contributed by atoms with E-state index in [1.165, 1.54) is 103 Å². The molecule has 4 nitrogen and oxygen atoms in total. The Labute approximate surface area is 217 Å². The monoisotopic (exact) mass is 524 g/mol. The van der Waals surface area contributed by atoms with E-state index in [9.17, 15) is 4.79 Å². The van der Waals surface area contributed by atoms with Gasteiger partial charge in [0.1, 0.15) is 5.24 Å². The predicted octanol–water partition coefficient (Wildman–Crippen LogP) is 7.63. The molecule has 0 saturated carbocycles. The molecule has 0 rings (SSSR count). The molecule has 0 aliphatic heterocycles. The molecule has 0 atom stereocenters. The van der Waals surface area contributed by atoms with Crippen molar-refractivity contribution in [3.8, 4) is 0 Å². The summed E-state index contributed by atoms with van der Waals surface area (Å²) in [7, 11) is 0. The summed E-state index contributed by atoms with van der Waals surface area (Å²) in [5, 5.41) is -0.899. The number of primary amides is 1. The Hall–Kier alpha value is 0.00338. The molecule has 7 heteroatoms. The van der Waals surface area contributed by atoms with Crippen LogP contribution in [0.15, 0.2) is 0 Å². The summed E-state index contributed by atoms with van der Waals surface area (Å²) in [6, 6.07) is 0. The maximum Gasteiger partial charge on any atom is 2.00 e. The Balaban J connectivity index is -0.00000143. The third-order valence-corrected chi connectivity index (χ3v) is 5.58. The fourth-order valence-corrected chi connectivity index (χ4v) is 3.70. The van der Waals surface area contributed by atoms with E-state index in [1.807, 2.05) is 4.90 Å². The van der Waals surface area contributed by atoms with Gasteiger partial charge in [0.15, 0.2) is 0 Å². The van der Waals surface area contributed by atoms with Crippen molar-refractivity contribution in [1.82, 2.24) is 4.90 Å². The first-order chi connectivity index (χ1) is 14.5. The number of hydrogen-bond donors (Lipinski definition) is 1. The number of hydrogen-bond acceptors (Lipinski definition) is 4. The Morgan fingerprint density at radius 2 is 0.806 bits per heavy atom. The second-order valence-corrected chi connectivity index (χ2v) is 8.98. The molecule has 0 radical (unpaired) electrons. The second-order valence-electron chi connectivity index (χ2n) is 8.23. The molecule has 0 aromatic carbocycles. The topological polar surface area (TPSA) is 63.4 Å². The molecular formula is C24H48N2O2S2Zn. The Morgan fingerprint density at radius 1 is 0.581 bits per heavy atom. The maximum absolute atomic E-state index is 11.6. The minimum absolute atomic E-state index is 0. The van der Waals surface area contributed by atoms with Crippen molar-refractivity contribution in [1.29, 1.82) is 0 Å². The van der Waals surface area contributed by atoms with Crippen LogP contribution in [0.25, 0.3) is 0 Å². The summed E-state index contributed by atoms with van der Waals surface area (Å²) in [6.07, 6.45) is 23.8. The van der Waals surface area contributed by atoms with E-state index >= 15 is 0 Å². The van der Waals surface area contributed by atoms with Crippen molar-refractivity contribution < 1.29 is 29.1 Å². The third-order valence-electron chi connectivity index (χ3n) is 5.32. The van der Waals surface area contributed by atoms with Crippen LogP contribution < -0.4 is 5.73 Å². The van der Waals surface area contributed by atoms with Gasteiger partial charge in [-0.25, -0.2) is 0 Å². The molecule has 2 amide bonds. The summed E-state index contributed by atoms with van der Waals surface area (Å²) in [5.41, 5.74) is 4.29. The Morgan fingerprint density at radius 3 is 1.03 bits per heavy atom. The maximum atomic E-state index is 11.6. The van der Waals surface area contributed by atoms with E-state index in [1.54, 1.807) is 0 Å². The van der Waals surface area contributed by atoms with E-state index < -0.39 is 5.24 Å². The molecule has 0 spiro atoms. The first kappa shape index (κ1) is 35.6. The zero-order chi connectivity index (χ0) is 22.9. The van der Waals surface area contributed by atoms with Crippen molar-refractivity contribution in [3.63, 3.8) is 0 Å². The standard InChI is InChI=1S/C23H47NOS.CH3NOS.Zn/c1-3-5-7-9-11-13-15-17-19-21-24(23(25)26)22-20-18-16-14-12-10-8-6-4-2;2-1(3)4;/h3-22H2,1-2H3,(H,25,26);(H3,2,3,4);/q;;+2/p-2. The molecule has 180 valence electrons. The van der Waals surface area contributed by atoms with Crippen molar-refractivity contribution in [3.05, 3.63) is 0 Å². The van der Waals surface area contributed by atoms with Gasteiger partial charge in [0.05, 0.1) is 5.24 Å². The van der Waals surface area contributed by atoms with Gasteiger partial charge in [-0.05, 0) is 12.8 Å². The average molecular weight is 526 g/mol. The van der Waals surface area contributed by atoms with Crippen LogP contribution >= 0.6 is 0 Å². The number of carbonyl (C=O) groups is 2. The molecular weight excluding hydrogens is 478 g/mol. The Kier molecular flexibility index (Phi) is 34.4. The first-order valence-electron chi connectivity index (χ1n) is 12.4. The molecule has 31 heavy (non-hydrogen) atoms. The molecule has 0 bridgehead atoms. The minimum atomic E-state index is -0.750. The van der Waals surface area contributed by atoms with Gasteiger partial charge in [0, 0.05) is 13.1 Å². The number of amides is 2. The van der Waals surface area contributed by atoms with Crippen LogP contribution in [0, 0.1) is 0 Å². The summed E-state index contributed by atoms with van der Waals surface area (Å²) >= 11 is 8.67. The fraction of sp³-hybridized carbons (Fsp3) is 0.917. The van der Waals surface area contributed by atoms with Crippen molar-refractivity contribution in [2.75, 3.05) is 13.1 Å². The number of carbonyl (C=O) groups excluding carboxylic acids is 2. The summed E-state index contributed by atoms with van der Waals surface area (Å²) in [6.45, 7) is 6.27. The Bertz CT molecular complexity index is 363. The van der Waals surface area contributed by atoms with Crippen molar-refractivity contribution >= 4 is 35.7 Å². The molecule has 0 fully saturated rings. The molecule has 2 N–H and O–H groups in total. The number of rotatable bonds is 20. The SMILES string of the molecule is CCCCCCCCCCCN(CCCCCCCCCCC)C(=O)[S-].NC(=O)[S-].[Zn+2]. The molecule has 0 unspecified atom stereocenters. The normalized spacial score (nSPS) is 10.0. The third kappa shape index (κ3) is 34.8. The summed E-state index contributed by atoms with van der Waals surface area (Å²) < 4.78 is 0. The van der Waals surface area contributed by atoms with Crippen molar-refractivity contribution in [2.24, 2.45) is 5.73 Å². The molecule has 0 heterocycles. The van der Waals surface area contributed by atoms with Crippen LogP contribution in [0.4, 0.5) is 9.59 Å². The zero-order valence-electron chi connectivity index (χ0n) is 20.5. The van der Waals surface area contributed by atoms with Crippen LogP contribution in [0.2, 0.25) is 0 Å². The summed E-state index contributed by atoms with van der Waals surface area (Å²) in [5.74, 6) is 0. The fourth-order valence-electron chi connectivity index (χ4n) is 3.52. The minimum Gasteiger partial charge on any atom is -0.719 e. The van der Waals surface area contributed by atoms with E-state index in [-0.39, 0.29) is 24.7 Å². The van der Waals surface area contributed by atoms with Gasteiger partial charge < -0.3 is 45.5 Å². The van der Waals surface area contributed by atoms with E-state index in [0.717, 1.165) is 25.9 Å². The van der Waals surface area contributed by atoms with Crippen molar-refractivity contribution in [2.45, 2.75) is 129 Å². The van der Waals surface area contributed by atoms with Crippen LogP contribution in [0.3, 0.4) is 0 Å². The van der Waals surface area contributed by atoms with Gasteiger partial charge in [-0.3, -0.25) is 0 Å². The van der Waals surface area contributed by atoms with E-state index in [0.29, 0.717) is 0 Å². The molecule has 0 saturated heterocycles. The summed E-state index contributed by atoms with van der Waals surface area (Å²) in [4.78, 5) is 22.6. The molecule has 0 aromatic rings. The van der Waals surface area contributed by atoms with Gasteiger partial charge in [0.2, 0.25) is 0 Å². The molecule has 0 aliphatic carbocycles. The molecule has 0 aromatic heterocycles. The van der Waals surface area contributed by atoms with E-state index in [4.69, 9.17) is 17.4 Å². The van der Waals surface area contributed by atoms with Crippen LogP contribution in [0.1, 0.15) is 129 Å². The zero-order valence-corrected chi connectivity index (χ0v) is 25.1. The van der Waals surface area contributed by atoms with Gasteiger partial charge in [-0.2, -0.15) is 0 Å². The largest absolute Gasteiger partial charge is 2.00 e. The van der Waals surface area contributed by atoms with Gasteiger partial charge in [-0.1, -0.05) is 117 Å². The van der Waals surface area contributed by atoms with E-state index in [2.05, 4.69) is 32.2 Å². The molecule has 0 aliphatic rings. The predicted molar refractivity (Wildman–Crippen MR) is 136 cm³/mol. The van der Waals surface area contributed by atoms with Crippen LogP contribution in [0.5, 0.6) is 0 Å². The number of nitrogens with zero attached hydrogens (tertiary/aromatic N) is 1. The van der Waals surface area contributed by atoms with Crippen LogP contribution in [-0.4, -0.2) is 28.5 Å². The quantitative estimate of drug-likeness (QED) is 0.101. The smallest absolute Gasteiger partial charge is 0.719 e.